The van der Waals surface area contributed by atoms with E-state index < -0.39 is 28.7 Å². The van der Waals surface area contributed by atoms with Crippen molar-refractivity contribution in [2.24, 2.45) is 0 Å². The number of hydrogen-bond donors (Lipinski definition) is 3. The quantitative estimate of drug-likeness (QED) is 0.734. The molecule has 1 aromatic carbocycles. The summed E-state index contributed by atoms with van der Waals surface area (Å²) in [6, 6.07) is 0.735. The second-order valence-electron chi connectivity index (χ2n) is 4.16. The lowest BCUT2D eigenvalue weighted by Gasteiger charge is -2.38. The number of carboxylic acid groups (broad SMARTS) is 1. The van der Waals surface area contributed by atoms with Gasteiger partial charge in [-0.15, -0.1) is 0 Å². The molecule has 6 heteroatoms. The highest BCUT2D eigenvalue weighted by atomic mass is 79.9. The van der Waals surface area contributed by atoms with Crippen molar-refractivity contribution in [3.05, 3.63) is 21.9 Å². The highest BCUT2D eigenvalue weighted by Crippen LogP contribution is 2.51. The van der Waals surface area contributed by atoms with Gasteiger partial charge in [-0.05, 0) is 28.8 Å². The van der Waals surface area contributed by atoms with E-state index in [2.05, 4.69) is 15.9 Å². The number of carboxylic acids is 1. The standard InChI is InChI=1S/C11H10BrFO4/c12-8-7(5(13)4-6(14)9(8)15)11(10(16)17)2-1-3-11/h4,14-15H,1-3H2,(H,16,17). The molecule has 0 amide bonds. The van der Waals surface area contributed by atoms with Crippen molar-refractivity contribution in [3.8, 4) is 11.5 Å². The number of aliphatic carboxylic acids is 1. The molecule has 1 aliphatic rings. The third-order valence-corrected chi connectivity index (χ3v) is 4.04. The van der Waals surface area contributed by atoms with Crippen molar-refractivity contribution in [1.29, 1.82) is 0 Å². The molecule has 92 valence electrons. The van der Waals surface area contributed by atoms with E-state index in [0.29, 0.717) is 19.3 Å². The molecule has 2 rings (SSSR count). The second-order valence-corrected chi connectivity index (χ2v) is 4.95. The fourth-order valence-corrected chi connectivity index (χ4v) is 2.91. The van der Waals surface area contributed by atoms with Crippen LogP contribution >= 0.6 is 15.9 Å². The zero-order chi connectivity index (χ0) is 12.8. The molecule has 0 bridgehead atoms. The lowest BCUT2D eigenvalue weighted by molar-refractivity contribution is -0.147. The van der Waals surface area contributed by atoms with Crippen molar-refractivity contribution in [1.82, 2.24) is 0 Å². The van der Waals surface area contributed by atoms with Gasteiger partial charge >= 0.3 is 5.97 Å². The van der Waals surface area contributed by atoms with E-state index in [1.807, 2.05) is 0 Å². The van der Waals surface area contributed by atoms with Gasteiger partial charge in [-0.2, -0.15) is 0 Å². The smallest absolute Gasteiger partial charge is 0.314 e. The Morgan fingerprint density at radius 2 is 2.00 bits per heavy atom. The number of carbonyl (C=O) groups is 1. The minimum absolute atomic E-state index is 0.0860. The number of halogens is 2. The van der Waals surface area contributed by atoms with E-state index in [1.165, 1.54) is 0 Å². The molecule has 4 nitrogen and oxygen atoms in total. The maximum absolute atomic E-state index is 13.8. The van der Waals surface area contributed by atoms with Gasteiger partial charge in [0.05, 0.1) is 9.89 Å². The van der Waals surface area contributed by atoms with E-state index in [9.17, 15) is 24.5 Å². The van der Waals surface area contributed by atoms with E-state index in [0.717, 1.165) is 6.07 Å². The zero-order valence-electron chi connectivity index (χ0n) is 8.70. The maximum atomic E-state index is 13.8. The molecule has 1 saturated carbocycles. The molecular formula is C11H10BrFO4. The Bertz CT molecular complexity index is 497. The molecule has 1 aliphatic carbocycles. The Kier molecular flexibility index (Phi) is 2.77. The summed E-state index contributed by atoms with van der Waals surface area (Å²) in [6.45, 7) is 0. The second kappa shape index (κ2) is 3.87. The van der Waals surface area contributed by atoms with Gasteiger partial charge < -0.3 is 15.3 Å². The average molecular weight is 305 g/mol. The molecule has 3 N–H and O–H groups in total. The lowest BCUT2D eigenvalue weighted by Crippen LogP contribution is -2.43. The molecule has 0 aromatic heterocycles. The number of hydrogen-bond acceptors (Lipinski definition) is 3. The number of rotatable bonds is 2. The molecule has 1 aromatic rings. The summed E-state index contributed by atoms with van der Waals surface area (Å²) in [4.78, 5) is 11.3. The van der Waals surface area contributed by atoms with Crippen LogP contribution in [0.25, 0.3) is 0 Å². The van der Waals surface area contributed by atoms with Crippen LogP contribution in [-0.2, 0) is 10.2 Å². The molecule has 0 spiro atoms. The summed E-state index contributed by atoms with van der Waals surface area (Å²) in [5, 5.41) is 28.0. The van der Waals surface area contributed by atoms with Crippen LogP contribution in [0.1, 0.15) is 24.8 Å². The number of phenolic OH excluding ortho intramolecular Hbond substituents is 2. The first-order chi connectivity index (χ1) is 7.90. The molecule has 0 heterocycles. The minimum Gasteiger partial charge on any atom is -0.504 e. The van der Waals surface area contributed by atoms with Crippen LogP contribution in [0.4, 0.5) is 4.39 Å². The SMILES string of the molecule is O=C(O)C1(c2c(F)cc(O)c(O)c2Br)CCC1. The third kappa shape index (κ3) is 1.58. The van der Waals surface area contributed by atoms with Gasteiger partial charge in [0.25, 0.3) is 0 Å². The van der Waals surface area contributed by atoms with Crippen LogP contribution in [0.2, 0.25) is 0 Å². The molecule has 1 fully saturated rings. The number of phenols is 2. The topological polar surface area (TPSA) is 77.8 Å². The highest BCUT2D eigenvalue weighted by molar-refractivity contribution is 9.10. The largest absolute Gasteiger partial charge is 0.504 e. The van der Waals surface area contributed by atoms with Gasteiger partial charge in [0.15, 0.2) is 11.5 Å². The Morgan fingerprint density at radius 3 is 2.41 bits per heavy atom. The Balaban J connectivity index is 2.67. The fraction of sp³-hybridized carbons (Fsp3) is 0.364. The Hall–Kier alpha value is -1.30. The summed E-state index contributed by atoms with van der Waals surface area (Å²) in [5.74, 6) is -3.09. The van der Waals surface area contributed by atoms with Crippen LogP contribution in [0, 0.1) is 5.82 Å². The van der Waals surface area contributed by atoms with Crippen molar-refractivity contribution in [3.63, 3.8) is 0 Å². The van der Waals surface area contributed by atoms with Crippen LogP contribution < -0.4 is 0 Å². The summed E-state index contributed by atoms with van der Waals surface area (Å²) in [6.07, 6.45) is 1.34. The fourth-order valence-electron chi connectivity index (χ4n) is 2.14. The lowest BCUT2D eigenvalue weighted by atomic mass is 9.64. The van der Waals surface area contributed by atoms with Crippen LogP contribution in [0.15, 0.2) is 10.5 Å². The Labute approximate surface area is 105 Å². The van der Waals surface area contributed by atoms with Crippen LogP contribution in [0.5, 0.6) is 11.5 Å². The van der Waals surface area contributed by atoms with Gasteiger partial charge in [-0.3, -0.25) is 4.79 Å². The van der Waals surface area contributed by atoms with E-state index >= 15 is 0 Å². The molecule has 0 aliphatic heterocycles. The monoisotopic (exact) mass is 304 g/mol. The van der Waals surface area contributed by atoms with Crippen LogP contribution in [0.3, 0.4) is 0 Å². The summed E-state index contributed by atoms with van der Waals surface area (Å²) >= 11 is 2.95. The number of aromatic hydroxyl groups is 2. The highest BCUT2D eigenvalue weighted by Gasteiger charge is 2.49. The molecule has 17 heavy (non-hydrogen) atoms. The average Bonchev–Trinajstić information content (AvgIpc) is 2.17. The van der Waals surface area contributed by atoms with Gasteiger partial charge in [-0.25, -0.2) is 4.39 Å². The van der Waals surface area contributed by atoms with Crippen molar-refractivity contribution >= 4 is 21.9 Å². The Morgan fingerprint density at radius 1 is 1.41 bits per heavy atom. The van der Waals surface area contributed by atoms with Gasteiger partial charge in [-0.1, -0.05) is 6.42 Å². The summed E-state index contributed by atoms with van der Waals surface area (Å²) in [7, 11) is 0. The predicted octanol–water partition coefficient (Wildman–Crippen LogP) is 2.51. The van der Waals surface area contributed by atoms with Crippen molar-refractivity contribution < 1.29 is 24.5 Å². The minimum atomic E-state index is -1.30. The summed E-state index contributed by atoms with van der Waals surface area (Å²) in [5.41, 5.74) is -1.39. The van der Waals surface area contributed by atoms with E-state index in [-0.39, 0.29) is 10.0 Å². The van der Waals surface area contributed by atoms with Gasteiger partial charge in [0.1, 0.15) is 5.82 Å². The van der Waals surface area contributed by atoms with Gasteiger partial charge in [0.2, 0.25) is 0 Å². The first-order valence-corrected chi connectivity index (χ1v) is 5.83. The normalized spacial score (nSPS) is 17.5. The zero-order valence-corrected chi connectivity index (χ0v) is 10.3. The molecular weight excluding hydrogens is 295 g/mol. The third-order valence-electron chi connectivity index (χ3n) is 3.27. The van der Waals surface area contributed by atoms with E-state index in [4.69, 9.17) is 0 Å². The van der Waals surface area contributed by atoms with E-state index in [1.54, 1.807) is 0 Å². The van der Waals surface area contributed by atoms with Crippen molar-refractivity contribution in [2.75, 3.05) is 0 Å². The first-order valence-electron chi connectivity index (χ1n) is 5.04. The maximum Gasteiger partial charge on any atom is 0.314 e. The van der Waals surface area contributed by atoms with Crippen LogP contribution in [-0.4, -0.2) is 21.3 Å². The number of benzene rings is 1. The molecule has 0 saturated heterocycles. The first kappa shape index (κ1) is 12.2. The van der Waals surface area contributed by atoms with Crippen molar-refractivity contribution in [2.45, 2.75) is 24.7 Å². The molecule has 0 atom stereocenters. The van der Waals surface area contributed by atoms with Gasteiger partial charge in [0, 0.05) is 11.6 Å². The molecule has 0 unspecified atom stereocenters. The summed E-state index contributed by atoms with van der Waals surface area (Å²) < 4.78 is 13.7. The predicted molar refractivity (Wildman–Crippen MR) is 60.6 cm³/mol. The molecule has 0 radical (unpaired) electrons.